The van der Waals surface area contributed by atoms with Crippen molar-refractivity contribution in [3.63, 3.8) is 0 Å². The van der Waals surface area contributed by atoms with Crippen LogP contribution in [0.2, 0.25) is 0 Å². The Labute approximate surface area is 138 Å². The predicted octanol–water partition coefficient (Wildman–Crippen LogP) is 3.45. The Kier molecular flexibility index (Phi) is 10.2. The lowest BCUT2D eigenvalue weighted by atomic mass is 10.1. The second-order valence-corrected chi connectivity index (χ2v) is 4.31. The summed E-state index contributed by atoms with van der Waals surface area (Å²) in [5.74, 6) is 0. The Bertz CT molecular complexity index is 692. The van der Waals surface area contributed by atoms with E-state index in [2.05, 4.69) is 52.1 Å². The highest BCUT2D eigenvalue weighted by molar-refractivity contribution is 5.93. The molecule has 0 bridgehead atoms. The molecule has 5 nitrogen and oxygen atoms in total. The third-order valence-corrected chi connectivity index (χ3v) is 2.89. The maximum Gasteiger partial charge on any atom is 0.100 e. The summed E-state index contributed by atoms with van der Waals surface area (Å²) in [6.45, 7) is 8.08. The Hall–Kier alpha value is -2.24. The number of hydrogen-bond acceptors (Lipinski definition) is 4. The van der Waals surface area contributed by atoms with Crippen LogP contribution in [0.5, 0.6) is 0 Å². The third kappa shape index (κ3) is 5.47. The summed E-state index contributed by atoms with van der Waals surface area (Å²) < 4.78 is 0. The monoisotopic (exact) mass is 316 g/mol. The average molecular weight is 316 g/mol. The molecular weight excluding hydrogens is 288 g/mol. The van der Waals surface area contributed by atoms with Gasteiger partial charge in [0, 0.05) is 30.0 Å². The van der Waals surface area contributed by atoms with Gasteiger partial charge in [0.2, 0.25) is 0 Å². The van der Waals surface area contributed by atoms with Crippen LogP contribution in [0.1, 0.15) is 25.1 Å². The first-order valence-electron chi connectivity index (χ1n) is 7.64. The molecule has 0 aliphatic rings. The summed E-state index contributed by atoms with van der Waals surface area (Å²) in [6, 6.07) is 10.4. The molecule has 0 fully saturated rings. The zero-order valence-electron chi connectivity index (χ0n) is 14.9. The number of aliphatic hydroxyl groups excluding tert-OH is 1. The topological polar surface area (TPSA) is 87.8 Å². The van der Waals surface area contributed by atoms with Gasteiger partial charge in [-0.05, 0) is 45.2 Å². The number of nitrogens with two attached hydrogens (primary N) is 1. The van der Waals surface area contributed by atoms with Crippen LogP contribution in [0.25, 0.3) is 22.2 Å². The molecule has 0 aliphatic carbocycles. The fourth-order valence-electron chi connectivity index (χ4n) is 2.04. The van der Waals surface area contributed by atoms with Crippen molar-refractivity contribution >= 4 is 10.9 Å². The average Bonchev–Trinajstić information content (AvgIpc) is 3.03. The predicted molar refractivity (Wildman–Crippen MR) is 98.4 cm³/mol. The van der Waals surface area contributed by atoms with E-state index in [1.54, 1.807) is 0 Å². The van der Waals surface area contributed by atoms with Gasteiger partial charge in [-0.25, -0.2) is 0 Å². The molecule has 0 radical (unpaired) electrons. The van der Waals surface area contributed by atoms with Gasteiger partial charge >= 0.3 is 0 Å². The van der Waals surface area contributed by atoms with Crippen LogP contribution in [0.4, 0.5) is 0 Å². The van der Waals surface area contributed by atoms with Gasteiger partial charge in [-0.1, -0.05) is 25.5 Å². The molecule has 0 atom stereocenters. The zero-order valence-corrected chi connectivity index (χ0v) is 14.9. The van der Waals surface area contributed by atoms with Gasteiger partial charge in [-0.2, -0.15) is 5.10 Å². The number of rotatable bonds is 1. The van der Waals surface area contributed by atoms with E-state index in [0.717, 1.165) is 35.0 Å². The lowest BCUT2D eigenvalue weighted by Crippen LogP contribution is -1.83. The number of nitrogens with one attached hydrogen (secondary N) is 1. The van der Waals surface area contributed by atoms with Crippen molar-refractivity contribution in [1.29, 1.82) is 0 Å². The van der Waals surface area contributed by atoms with E-state index < -0.39 is 0 Å². The van der Waals surface area contributed by atoms with E-state index in [1.165, 1.54) is 12.6 Å². The Balaban J connectivity index is 0.000000728. The number of fused-ring (bicyclic) bond motifs is 1. The van der Waals surface area contributed by atoms with E-state index in [4.69, 9.17) is 5.11 Å². The normalized spacial score (nSPS) is 8.87. The molecule has 23 heavy (non-hydrogen) atoms. The van der Waals surface area contributed by atoms with Crippen molar-refractivity contribution in [1.82, 2.24) is 15.2 Å². The minimum absolute atomic E-state index is 0.995. The molecule has 0 saturated carbocycles. The van der Waals surface area contributed by atoms with Crippen LogP contribution < -0.4 is 5.73 Å². The van der Waals surface area contributed by atoms with Gasteiger partial charge in [0.25, 0.3) is 0 Å². The minimum Gasteiger partial charge on any atom is -0.400 e. The van der Waals surface area contributed by atoms with Gasteiger partial charge in [-0.15, -0.1) is 0 Å². The van der Waals surface area contributed by atoms with Crippen LogP contribution in [-0.4, -0.2) is 34.4 Å². The molecule has 126 valence electrons. The highest BCUT2D eigenvalue weighted by Crippen LogP contribution is 2.26. The quantitative estimate of drug-likeness (QED) is 0.641. The van der Waals surface area contributed by atoms with Crippen LogP contribution in [0, 0.1) is 13.8 Å². The summed E-state index contributed by atoms with van der Waals surface area (Å²) in [7, 11) is 2.50. The standard InChI is InChI=1S/C14H13N3.C2H6.CH5N.CH4O/c1-9-3-4-13-12(7-9)14(17-16-13)11-5-6-15-10(2)8-11;3*1-2/h3-8H,1-2H3,(H,16,17);1-2H3;2H2,1H3;2H,1H3. The fraction of sp³-hybridized carbons (Fsp3) is 0.333. The van der Waals surface area contributed by atoms with Gasteiger partial charge in [0.1, 0.15) is 5.69 Å². The fourth-order valence-corrected chi connectivity index (χ4v) is 2.04. The maximum atomic E-state index is 7.00. The molecule has 0 aliphatic heterocycles. The number of pyridine rings is 1. The van der Waals surface area contributed by atoms with Crippen LogP contribution >= 0.6 is 0 Å². The molecule has 2 heterocycles. The molecule has 0 amide bonds. The summed E-state index contributed by atoms with van der Waals surface area (Å²) in [5, 5.41) is 15.6. The first-order valence-corrected chi connectivity index (χ1v) is 7.64. The van der Waals surface area contributed by atoms with Gasteiger partial charge in [0.05, 0.1) is 5.52 Å². The van der Waals surface area contributed by atoms with Gasteiger partial charge in [-0.3, -0.25) is 10.1 Å². The molecule has 0 unspecified atom stereocenters. The van der Waals surface area contributed by atoms with E-state index in [1.807, 2.05) is 33.0 Å². The SMILES string of the molecule is CC.CN.CO.Cc1ccc2[nH]nc(-c3ccnc(C)c3)c2c1. The molecule has 4 N–H and O–H groups in total. The van der Waals surface area contributed by atoms with Crippen LogP contribution in [0.15, 0.2) is 36.5 Å². The van der Waals surface area contributed by atoms with Gasteiger partial charge < -0.3 is 10.8 Å². The zero-order chi connectivity index (χ0) is 17.8. The Morgan fingerprint density at radius 2 is 1.65 bits per heavy atom. The van der Waals surface area contributed by atoms with Crippen molar-refractivity contribution < 1.29 is 5.11 Å². The van der Waals surface area contributed by atoms with E-state index in [9.17, 15) is 0 Å². The largest absolute Gasteiger partial charge is 0.400 e. The molecule has 3 rings (SSSR count). The van der Waals surface area contributed by atoms with E-state index in [0.29, 0.717) is 0 Å². The molecule has 3 aromatic rings. The number of aryl methyl sites for hydroxylation is 2. The van der Waals surface area contributed by atoms with Crippen molar-refractivity contribution in [2.24, 2.45) is 5.73 Å². The number of benzene rings is 1. The molecule has 1 aromatic carbocycles. The lowest BCUT2D eigenvalue weighted by molar-refractivity contribution is 0.399. The number of nitrogens with zero attached hydrogens (tertiary/aromatic N) is 2. The van der Waals surface area contributed by atoms with Gasteiger partial charge in [0.15, 0.2) is 0 Å². The molecule has 5 heteroatoms. The molecule has 0 saturated heterocycles. The first kappa shape index (κ1) is 20.8. The number of H-pyrrole nitrogens is 1. The summed E-state index contributed by atoms with van der Waals surface area (Å²) in [4.78, 5) is 4.21. The highest BCUT2D eigenvalue weighted by Gasteiger charge is 2.08. The Morgan fingerprint density at radius 3 is 2.26 bits per heavy atom. The smallest absolute Gasteiger partial charge is 0.100 e. The summed E-state index contributed by atoms with van der Waals surface area (Å²) in [5.41, 5.74) is 9.92. The first-order chi connectivity index (χ1) is 11.2. The Morgan fingerprint density at radius 1 is 1.00 bits per heavy atom. The maximum absolute atomic E-state index is 7.00. The minimum atomic E-state index is 0.995. The summed E-state index contributed by atoms with van der Waals surface area (Å²) >= 11 is 0. The number of aromatic amines is 1. The summed E-state index contributed by atoms with van der Waals surface area (Å²) in [6.07, 6.45) is 1.82. The molecule has 2 aromatic heterocycles. The van der Waals surface area contributed by atoms with Crippen molar-refractivity contribution in [2.75, 3.05) is 14.2 Å². The number of hydrogen-bond donors (Lipinski definition) is 3. The van der Waals surface area contributed by atoms with E-state index >= 15 is 0 Å². The lowest BCUT2D eigenvalue weighted by Gasteiger charge is -1.99. The van der Waals surface area contributed by atoms with Crippen molar-refractivity contribution in [2.45, 2.75) is 27.7 Å². The van der Waals surface area contributed by atoms with Crippen molar-refractivity contribution in [3.05, 3.63) is 47.8 Å². The number of aromatic nitrogens is 3. The van der Waals surface area contributed by atoms with Crippen LogP contribution in [-0.2, 0) is 0 Å². The number of aliphatic hydroxyl groups is 1. The second kappa shape index (κ2) is 11.3. The highest BCUT2D eigenvalue weighted by atomic mass is 16.2. The third-order valence-electron chi connectivity index (χ3n) is 2.89. The second-order valence-electron chi connectivity index (χ2n) is 4.31. The molecular formula is C18H28N4O. The van der Waals surface area contributed by atoms with Crippen LogP contribution in [0.3, 0.4) is 0 Å². The molecule has 0 spiro atoms. The van der Waals surface area contributed by atoms with Crippen molar-refractivity contribution in [3.8, 4) is 11.3 Å². The van der Waals surface area contributed by atoms with E-state index in [-0.39, 0.29) is 0 Å².